The lowest BCUT2D eigenvalue weighted by Gasteiger charge is -2.11. The third-order valence-corrected chi connectivity index (χ3v) is 2.87. The highest BCUT2D eigenvalue weighted by molar-refractivity contribution is 5.49. The molecule has 0 fully saturated rings. The fourth-order valence-corrected chi connectivity index (χ4v) is 1.87. The SMILES string of the molecule is CC(C)COc1cccc(NCc2cccc(N)c2)c1. The van der Waals surface area contributed by atoms with Gasteiger partial charge in [0.1, 0.15) is 5.75 Å². The first kappa shape index (κ1) is 14.3. The van der Waals surface area contributed by atoms with Crippen LogP contribution in [0.25, 0.3) is 0 Å². The Bertz CT molecular complexity index is 552. The van der Waals surface area contributed by atoms with Gasteiger partial charge in [0.25, 0.3) is 0 Å². The number of nitrogens with one attached hydrogen (secondary N) is 1. The van der Waals surface area contributed by atoms with E-state index in [0.29, 0.717) is 5.92 Å². The molecule has 0 spiro atoms. The molecular formula is C17H22N2O. The van der Waals surface area contributed by atoms with E-state index in [-0.39, 0.29) is 0 Å². The maximum absolute atomic E-state index is 5.77. The van der Waals surface area contributed by atoms with Gasteiger partial charge in [-0.1, -0.05) is 32.0 Å². The lowest BCUT2D eigenvalue weighted by Crippen LogP contribution is -2.05. The molecule has 0 unspecified atom stereocenters. The Morgan fingerprint density at radius 3 is 2.65 bits per heavy atom. The Morgan fingerprint density at radius 1 is 1.10 bits per heavy atom. The zero-order valence-electron chi connectivity index (χ0n) is 12.1. The minimum Gasteiger partial charge on any atom is -0.493 e. The Morgan fingerprint density at radius 2 is 1.90 bits per heavy atom. The Balaban J connectivity index is 1.94. The number of anilines is 2. The Labute approximate surface area is 120 Å². The molecule has 2 aromatic rings. The standard InChI is InChI=1S/C17H22N2O/c1-13(2)12-20-17-8-4-7-16(10-17)19-11-14-5-3-6-15(18)9-14/h3-10,13,19H,11-12,18H2,1-2H3. The monoisotopic (exact) mass is 270 g/mol. The van der Waals surface area contributed by atoms with E-state index in [1.165, 1.54) is 5.56 Å². The molecule has 0 aromatic heterocycles. The molecule has 0 radical (unpaired) electrons. The summed E-state index contributed by atoms with van der Waals surface area (Å²) < 4.78 is 5.72. The van der Waals surface area contributed by atoms with Crippen LogP contribution in [0.5, 0.6) is 5.75 Å². The minimum atomic E-state index is 0.527. The molecule has 0 saturated carbocycles. The molecule has 20 heavy (non-hydrogen) atoms. The largest absolute Gasteiger partial charge is 0.493 e. The van der Waals surface area contributed by atoms with E-state index in [1.54, 1.807) is 0 Å². The van der Waals surface area contributed by atoms with Crippen LogP contribution in [-0.4, -0.2) is 6.61 Å². The van der Waals surface area contributed by atoms with Crippen LogP contribution in [-0.2, 0) is 6.54 Å². The molecule has 2 rings (SSSR count). The number of hydrogen-bond donors (Lipinski definition) is 2. The third kappa shape index (κ3) is 4.50. The van der Waals surface area contributed by atoms with Gasteiger partial charge in [0.2, 0.25) is 0 Å². The molecule has 3 heteroatoms. The molecular weight excluding hydrogens is 248 g/mol. The number of rotatable bonds is 6. The Kier molecular flexibility index (Phi) is 4.88. The van der Waals surface area contributed by atoms with Gasteiger partial charge in [-0.3, -0.25) is 0 Å². The Hall–Kier alpha value is -2.16. The quantitative estimate of drug-likeness (QED) is 0.782. The summed E-state index contributed by atoms with van der Waals surface area (Å²) >= 11 is 0. The van der Waals surface area contributed by atoms with Crippen molar-refractivity contribution in [1.82, 2.24) is 0 Å². The molecule has 0 bridgehead atoms. The van der Waals surface area contributed by atoms with Crippen molar-refractivity contribution in [3.8, 4) is 5.75 Å². The van der Waals surface area contributed by atoms with Gasteiger partial charge in [-0.25, -0.2) is 0 Å². The summed E-state index contributed by atoms with van der Waals surface area (Å²) in [5.41, 5.74) is 8.78. The van der Waals surface area contributed by atoms with Crippen LogP contribution in [0.4, 0.5) is 11.4 Å². The van der Waals surface area contributed by atoms with Crippen LogP contribution in [0.2, 0.25) is 0 Å². The maximum Gasteiger partial charge on any atom is 0.121 e. The number of benzene rings is 2. The van der Waals surface area contributed by atoms with Crippen LogP contribution < -0.4 is 15.8 Å². The average Bonchev–Trinajstić information content (AvgIpc) is 2.43. The predicted molar refractivity (Wildman–Crippen MR) is 85.0 cm³/mol. The molecule has 0 saturated heterocycles. The van der Waals surface area contributed by atoms with E-state index in [0.717, 1.165) is 30.3 Å². The molecule has 0 aliphatic heterocycles. The first-order chi connectivity index (χ1) is 9.63. The summed E-state index contributed by atoms with van der Waals surface area (Å²) in [7, 11) is 0. The molecule has 106 valence electrons. The van der Waals surface area contributed by atoms with Crippen molar-refractivity contribution in [2.75, 3.05) is 17.7 Å². The fourth-order valence-electron chi connectivity index (χ4n) is 1.87. The molecule has 0 amide bonds. The second-order valence-electron chi connectivity index (χ2n) is 5.33. The lowest BCUT2D eigenvalue weighted by atomic mass is 10.2. The average molecular weight is 270 g/mol. The minimum absolute atomic E-state index is 0.527. The summed E-state index contributed by atoms with van der Waals surface area (Å²) in [5, 5.41) is 3.38. The number of nitrogen functional groups attached to an aromatic ring is 1. The first-order valence-electron chi connectivity index (χ1n) is 6.94. The van der Waals surface area contributed by atoms with Gasteiger partial charge in [0.05, 0.1) is 6.61 Å². The topological polar surface area (TPSA) is 47.3 Å². The van der Waals surface area contributed by atoms with Gasteiger partial charge in [-0.15, -0.1) is 0 Å². The summed E-state index contributed by atoms with van der Waals surface area (Å²) in [6, 6.07) is 15.9. The van der Waals surface area contributed by atoms with Crippen LogP contribution in [0, 0.1) is 5.92 Å². The van der Waals surface area contributed by atoms with E-state index >= 15 is 0 Å². The van der Waals surface area contributed by atoms with Crippen LogP contribution in [0.3, 0.4) is 0 Å². The molecule has 0 atom stereocenters. The smallest absolute Gasteiger partial charge is 0.121 e. The summed E-state index contributed by atoms with van der Waals surface area (Å²) in [4.78, 5) is 0. The van der Waals surface area contributed by atoms with Gasteiger partial charge in [-0.2, -0.15) is 0 Å². The first-order valence-corrected chi connectivity index (χ1v) is 6.94. The predicted octanol–water partition coefficient (Wildman–Crippen LogP) is 3.92. The van der Waals surface area contributed by atoms with Crippen LogP contribution >= 0.6 is 0 Å². The maximum atomic E-state index is 5.77. The van der Waals surface area contributed by atoms with E-state index in [4.69, 9.17) is 10.5 Å². The van der Waals surface area contributed by atoms with Crippen molar-refractivity contribution < 1.29 is 4.74 Å². The van der Waals surface area contributed by atoms with Crippen molar-refractivity contribution >= 4 is 11.4 Å². The molecule has 0 heterocycles. The highest BCUT2D eigenvalue weighted by Gasteiger charge is 1.99. The summed E-state index contributed by atoms with van der Waals surface area (Å²) in [5.74, 6) is 1.43. The zero-order valence-corrected chi connectivity index (χ0v) is 12.1. The lowest BCUT2D eigenvalue weighted by molar-refractivity contribution is 0.271. The van der Waals surface area contributed by atoms with E-state index < -0.39 is 0 Å². The normalized spacial score (nSPS) is 10.6. The van der Waals surface area contributed by atoms with Crippen LogP contribution in [0.15, 0.2) is 48.5 Å². The molecule has 3 N–H and O–H groups in total. The second-order valence-corrected chi connectivity index (χ2v) is 5.33. The molecule has 3 nitrogen and oxygen atoms in total. The van der Waals surface area contributed by atoms with Gasteiger partial charge in [-0.05, 0) is 35.7 Å². The van der Waals surface area contributed by atoms with Gasteiger partial charge < -0.3 is 15.8 Å². The highest BCUT2D eigenvalue weighted by Crippen LogP contribution is 2.19. The fraction of sp³-hybridized carbons (Fsp3) is 0.294. The second kappa shape index (κ2) is 6.85. The molecule has 0 aliphatic carbocycles. The zero-order chi connectivity index (χ0) is 14.4. The number of nitrogens with two attached hydrogens (primary N) is 1. The van der Waals surface area contributed by atoms with Crippen LogP contribution in [0.1, 0.15) is 19.4 Å². The summed E-state index contributed by atoms with van der Waals surface area (Å²) in [6.07, 6.45) is 0. The van der Waals surface area contributed by atoms with E-state index in [9.17, 15) is 0 Å². The van der Waals surface area contributed by atoms with Gasteiger partial charge in [0, 0.05) is 24.0 Å². The van der Waals surface area contributed by atoms with Gasteiger partial charge >= 0.3 is 0 Å². The van der Waals surface area contributed by atoms with Crippen molar-refractivity contribution in [1.29, 1.82) is 0 Å². The third-order valence-electron chi connectivity index (χ3n) is 2.87. The molecule has 0 aliphatic rings. The van der Waals surface area contributed by atoms with Crippen molar-refractivity contribution in [3.05, 3.63) is 54.1 Å². The van der Waals surface area contributed by atoms with Crippen molar-refractivity contribution in [3.63, 3.8) is 0 Å². The van der Waals surface area contributed by atoms with Crippen molar-refractivity contribution in [2.24, 2.45) is 5.92 Å². The van der Waals surface area contributed by atoms with Crippen molar-refractivity contribution in [2.45, 2.75) is 20.4 Å². The highest BCUT2D eigenvalue weighted by atomic mass is 16.5. The number of hydrogen-bond acceptors (Lipinski definition) is 3. The van der Waals surface area contributed by atoms with Gasteiger partial charge in [0.15, 0.2) is 0 Å². The molecule has 2 aromatic carbocycles. The number of ether oxygens (including phenoxy) is 1. The van der Waals surface area contributed by atoms with E-state index in [2.05, 4.69) is 25.2 Å². The van der Waals surface area contributed by atoms with E-state index in [1.807, 2.05) is 42.5 Å². The summed E-state index contributed by atoms with van der Waals surface area (Å²) in [6.45, 7) is 5.77.